The van der Waals surface area contributed by atoms with Gasteiger partial charge in [-0.05, 0) is 32.7 Å². The van der Waals surface area contributed by atoms with Crippen LogP contribution in [0, 0.1) is 0 Å². The van der Waals surface area contributed by atoms with E-state index in [2.05, 4.69) is 5.32 Å². The number of hydrogen-bond acceptors (Lipinski definition) is 2. The van der Waals surface area contributed by atoms with E-state index in [1.54, 1.807) is 7.11 Å². The van der Waals surface area contributed by atoms with Gasteiger partial charge in [-0.3, -0.25) is 0 Å². The molecule has 0 aromatic heterocycles. The Bertz CT molecular complexity index is 214. The Hall–Kier alpha value is -0.550. The molecular weight excluding hydrogens is 231 g/mol. The summed E-state index contributed by atoms with van der Waals surface area (Å²) < 4.78 is 40.5. The van der Waals surface area contributed by atoms with Crippen LogP contribution in [0.15, 0.2) is 11.6 Å². The lowest BCUT2D eigenvalue weighted by Gasteiger charge is -2.06. The van der Waals surface area contributed by atoms with E-state index < -0.39 is 12.6 Å². The first-order valence-electron chi connectivity index (χ1n) is 5.88. The van der Waals surface area contributed by atoms with Crippen LogP contribution >= 0.6 is 0 Å². The van der Waals surface area contributed by atoms with Gasteiger partial charge in [0.2, 0.25) is 0 Å². The van der Waals surface area contributed by atoms with Crippen LogP contribution in [-0.4, -0.2) is 33.0 Å². The molecule has 0 bridgehead atoms. The molecule has 0 spiro atoms. The van der Waals surface area contributed by atoms with Gasteiger partial charge in [0, 0.05) is 20.1 Å². The minimum absolute atomic E-state index is 0.183. The lowest BCUT2D eigenvalue weighted by molar-refractivity contribution is -0.135. The molecule has 17 heavy (non-hydrogen) atoms. The van der Waals surface area contributed by atoms with Gasteiger partial charge in [-0.1, -0.05) is 11.6 Å². The normalized spacial score (nSPS) is 13.1. The summed E-state index contributed by atoms with van der Waals surface area (Å²) in [7, 11) is 1.65. The summed E-state index contributed by atoms with van der Waals surface area (Å²) in [6.45, 7) is 4.19. The van der Waals surface area contributed by atoms with Gasteiger partial charge < -0.3 is 10.1 Å². The van der Waals surface area contributed by atoms with E-state index in [1.807, 2.05) is 13.0 Å². The number of allylic oxidation sites excluding steroid dienone is 1. The van der Waals surface area contributed by atoms with E-state index in [4.69, 9.17) is 4.74 Å². The van der Waals surface area contributed by atoms with Crippen molar-refractivity contribution in [2.45, 2.75) is 38.8 Å². The fourth-order valence-electron chi connectivity index (χ4n) is 1.39. The molecule has 0 rings (SSSR count). The van der Waals surface area contributed by atoms with Crippen LogP contribution in [0.5, 0.6) is 0 Å². The van der Waals surface area contributed by atoms with Crippen molar-refractivity contribution in [2.75, 3.05) is 26.8 Å². The highest BCUT2D eigenvalue weighted by molar-refractivity contribution is 4.97. The Kier molecular flexibility index (Phi) is 9.17. The molecule has 0 unspecified atom stereocenters. The fourth-order valence-corrected chi connectivity index (χ4v) is 1.39. The molecule has 102 valence electrons. The van der Waals surface area contributed by atoms with Crippen LogP contribution in [0.4, 0.5) is 13.2 Å². The van der Waals surface area contributed by atoms with E-state index >= 15 is 0 Å². The Balaban J connectivity index is 3.45. The van der Waals surface area contributed by atoms with Gasteiger partial charge in [-0.15, -0.1) is 0 Å². The quantitative estimate of drug-likeness (QED) is 0.503. The number of rotatable bonds is 9. The van der Waals surface area contributed by atoms with Crippen molar-refractivity contribution in [3.63, 3.8) is 0 Å². The van der Waals surface area contributed by atoms with E-state index in [0.717, 1.165) is 25.1 Å². The zero-order valence-electron chi connectivity index (χ0n) is 10.6. The predicted molar refractivity (Wildman–Crippen MR) is 63.0 cm³/mol. The smallest absolute Gasteiger partial charge is 0.383 e. The van der Waals surface area contributed by atoms with Crippen molar-refractivity contribution in [2.24, 2.45) is 0 Å². The SMILES string of the molecule is COCCNCC/C=C(/C)CCCC(F)(F)F. The summed E-state index contributed by atoms with van der Waals surface area (Å²) in [5, 5.41) is 3.17. The molecular formula is C12H22F3NO. The van der Waals surface area contributed by atoms with Gasteiger partial charge >= 0.3 is 6.18 Å². The van der Waals surface area contributed by atoms with Gasteiger partial charge in [0.05, 0.1) is 6.61 Å². The highest BCUT2D eigenvalue weighted by Crippen LogP contribution is 2.23. The molecule has 2 nitrogen and oxygen atoms in total. The third kappa shape index (κ3) is 13.4. The maximum Gasteiger partial charge on any atom is 0.389 e. The third-order valence-corrected chi connectivity index (χ3v) is 2.33. The number of hydrogen-bond donors (Lipinski definition) is 1. The lowest BCUT2D eigenvalue weighted by atomic mass is 10.1. The van der Waals surface area contributed by atoms with Crippen LogP contribution in [-0.2, 0) is 4.74 Å². The number of halogens is 3. The summed E-state index contributed by atoms with van der Waals surface area (Å²) in [5.74, 6) is 0. The third-order valence-electron chi connectivity index (χ3n) is 2.33. The molecule has 0 aliphatic rings. The molecule has 0 radical (unpaired) electrons. The highest BCUT2D eigenvalue weighted by atomic mass is 19.4. The molecule has 0 aromatic carbocycles. The minimum Gasteiger partial charge on any atom is -0.383 e. The van der Waals surface area contributed by atoms with Gasteiger partial charge in [0.15, 0.2) is 0 Å². The maximum atomic E-state index is 11.9. The summed E-state index contributed by atoms with van der Waals surface area (Å²) >= 11 is 0. The Morgan fingerprint density at radius 2 is 2.00 bits per heavy atom. The Morgan fingerprint density at radius 1 is 1.29 bits per heavy atom. The molecule has 0 fully saturated rings. The molecule has 0 heterocycles. The van der Waals surface area contributed by atoms with Crippen molar-refractivity contribution >= 4 is 0 Å². The fraction of sp³-hybridized carbons (Fsp3) is 0.833. The van der Waals surface area contributed by atoms with Gasteiger partial charge in [-0.25, -0.2) is 0 Å². The summed E-state index contributed by atoms with van der Waals surface area (Å²) in [5.41, 5.74) is 1.03. The topological polar surface area (TPSA) is 21.3 Å². The summed E-state index contributed by atoms with van der Waals surface area (Å²) in [6.07, 6.45) is -1.16. The van der Waals surface area contributed by atoms with Crippen molar-refractivity contribution in [3.05, 3.63) is 11.6 Å². The van der Waals surface area contributed by atoms with E-state index in [9.17, 15) is 13.2 Å². The second-order valence-electron chi connectivity index (χ2n) is 4.05. The van der Waals surface area contributed by atoms with Crippen molar-refractivity contribution in [1.29, 1.82) is 0 Å². The van der Waals surface area contributed by atoms with E-state index in [-0.39, 0.29) is 6.42 Å². The van der Waals surface area contributed by atoms with Crippen LogP contribution in [0.25, 0.3) is 0 Å². The molecule has 0 saturated carbocycles. The number of ether oxygens (including phenoxy) is 1. The lowest BCUT2D eigenvalue weighted by Crippen LogP contribution is -2.19. The molecule has 1 N–H and O–H groups in total. The van der Waals surface area contributed by atoms with E-state index in [1.165, 1.54) is 0 Å². The Morgan fingerprint density at radius 3 is 2.59 bits per heavy atom. The van der Waals surface area contributed by atoms with Gasteiger partial charge in [-0.2, -0.15) is 13.2 Å². The first-order valence-corrected chi connectivity index (χ1v) is 5.88. The summed E-state index contributed by atoms with van der Waals surface area (Å²) in [6, 6.07) is 0. The molecule has 0 amide bonds. The zero-order valence-corrected chi connectivity index (χ0v) is 10.6. The first kappa shape index (κ1) is 16.4. The largest absolute Gasteiger partial charge is 0.389 e. The molecule has 0 aliphatic heterocycles. The highest BCUT2D eigenvalue weighted by Gasteiger charge is 2.25. The average Bonchev–Trinajstić information content (AvgIpc) is 2.21. The van der Waals surface area contributed by atoms with Gasteiger partial charge in [0.1, 0.15) is 0 Å². The predicted octanol–water partition coefficient (Wildman–Crippen LogP) is 3.29. The molecule has 0 saturated heterocycles. The second kappa shape index (κ2) is 9.48. The van der Waals surface area contributed by atoms with Crippen LogP contribution in [0.2, 0.25) is 0 Å². The van der Waals surface area contributed by atoms with Crippen LogP contribution < -0.4 is 5.32 Å². The maximum absolute atomic E-state index is 11.9. The average molecular weight is 253 g/mol. The number of alkyl halides is 3. The molecule has 5 heteroatoms. The van der Waals surface area contributed by atoms with Crippen LogP contribution in [0.3, 0.4) is 0 Å². The second-order valence-corrected chi connectivity index (χ2v) is 4.05. The van der Waals surface area contributed by atoms with Crippen LogP contribution in [0.1, 0.15) is 32.6 Å². The zero-order chi connectivity index (χ0) is 13.1. The van der Waals surface area contributed by atoms with E-state index in [0.29, 0.717) is 13.0 Å². The Labute approximate surface area is 101 Å². The van der Waals surface area contributed by atoms with Crippen molar-refractivity contribution in [3.8, 4) is 0 Å². The monoisotopic (exact) mass is 253 g/mol. The van der Waals surface area contributed by atoms with Gasteiger partial charge in [0.25, 0.3) is 0 Å². The molecule has 0 aliphatic carbocycles. The standard InChI is InChI=1S/C12H22F3NO/c1-11(5-3-7-12(13,14)15)6-4-8-16-9-10-17-2/h6,16H,3-5,7-10H2,1-2H3/b11-6-. The van der Waals surface area contributed by atoms with Crippen molar-refractivity contribution in [1.82, 2.24) is 5.32 Å². The number of methoxy groups -OCH3 is 1. The molecule has 0 aromatic rings. The first-order chi connectivity index (χ1) is 7.95. The molecule has 0 atom stereocenters. The number of nitrogens with one attached hydrogen (secondary N) is 1. The minimum atomic E-state index is -4.03. The summed E-state index contributed by atoms with van der Waals surface area (Å²) in [4.78, 5) is 0. The van der Waals surface area contributed by atoms with Crippen molar-refractivity contribution < 1.29 is 17.9 Å².